The summed E-state index contributed by atoms with van der Waals surface area (Å²) in [4.78, 5) is 4.77. The van der Waals surface area contributed by atoms with Crippen LogP contribution in [0.3, 0.4) is 0 Å². The summed E-state index contributed by atoms with van der Waals surface area (Å²) in [6.07, 6.45) is 0.899. The van der Waals surface area contributed by atoms with Crippen molar-refractivity contribution in [2.24, 2.45) is 4.99 Å². The molecule has 1 aliphatic heterocycles. The zero-order chi connectivity index (χ0) is 17.3. The molecule has 24 heavy (non-hydrogen) atoms. The van der Waals surface area contributed by atoms with Crippen LogP contribution in [0.25, 0.3) is 5.57 Å². The van der Waals surface area contributed by atoms with Crippen LogP contribution in [0.2, 0.25) is 5.02 Å². The van der Waals surface area contributed by atoms with E-state index in [4.69, 9.17) is 16.6 Å². The maximum atomic E-state index is 6.03. The van der Waals surface area contributed by atoms with Crippen molar-refractivity contribution in [1.29, 1.82) is 0 Å². The molecule has 124 valence electrons. The molecule has 1 N–H and O–H groups in total. The van der Waals surface area contributed by atoms with Crippen molar-refractivity contribution in [2.75, 3.05) is 12.0 Å². The second-order valence-corrected chi connectivity index (χ2v) is 6.69. The molecule has 0 amide bonds. The molecule has 0 saturated carbocycles. The predicted octanol–water partition coefficient (Wildman–Crippen LogP) is 5.75. The zero-order valence-electron chi connectivity index (χ0n) is 14.4. The third kappa shape index (κ3) is 3.46. The summed E-state index contributed by atoms with van der Waals surface area (Å²) in [6, 6.07) is 12.2. The highest BCUT2D eigenvalue weighted by atomic mass is 35.5. The van der Waals surface area contributed by atoms with Crippen molar-refractivity contribution in [3.8, 4) is 0 Å². The quantitative estimate of drug-likeness (QED) is 0.529. The molecule has 0 spiro atoms. The van der Waals surface area contributed by atoms with Gasteiger partial charge >= 0.3 is 0 Å². The van der Waals surface area contributed by atoms with Gasteiger partial charge in [-0.2, -0.15) is 0 Å². The number of hydrazine groups is 1. The Kier molecular flexibility index (Phi) is 4.63. The van der Waals surface area contributed by atoms with Crippen LogP contribution in [-0.4, -0.2) is 17.4 Å². The first-order valence-electron chi connectivity index (χ1n) is 8.08. The Labute approximate surface area is 148 Å². The van der Waals surface area contributed by atoms with E-state index in [1.54, 1.807) is 0 Å². The zero-order valence-corrected chi connectivity index (χ0v) is 15.1. The Hall–Kier alpha value is -2.26. The predicted molar refractivity (Wildman–Crippen MR) is 104 cm³/mol. The van der Waals surface area contributed by atoms with Crippen LogP contribution in [0.15, 0.2) is 48.0 Å². The van der Waals surface area contributed by atoms with E-state index in [9.17, 15) is 0 Å². The van der Waals surface area contributed by atoms with E-state index < -0.39 is 0 Å². The van der Waals surface area contributed by atoms with Gasteiger partial charge in [-0.1, -0.05) is 29.8 Å². The average molecular weight is 340 g/mol. The highest BCUT2D eigenvalue weighted by molar-refractivity contribution is 6.30. The van der Waals surface area contributed by atoms with Gasteiger partial charge in [0, 0.05) is 17.1 Å². The Morgan fingerprint density at radius 1 is 1.21 bits per heavy atom. The number of anilines is 1. The van der Waals surface area contributed by atoms with Crippen molar-refractivity contribution in [3.05, 3.63) is 64.7 Å². The number of hydrogen-bond acceptors (Lipinski definition) is 2. The van der Waals surface area contributed by atoms with E-state index in [2.05, 4.69) is 42.1 Å². The van der Waals surface area contributed by atoms with Gasteiger partial charge in [0.1, 0.15) is 5.84 Å². The number of aliphatic imine (C=N–C) groups is 1. The van der Waals surface area contributed by atoms with Crippen LogP contribution in [-0.2, 0) is 0 Å². The molecule has 0 saturated heterocycles. The second-order valence-electron chi connectivity index (χ2n) is 6.26. The normalized spacial score (nSPS) is 14.9. The second kappa shape index (κ2) is 6.70. The number of halogens is 1. The minimum atomic E-state index is 0.734. The first-order valence-corrected chi connectivity index (χ1v) is 8.46. The maximum Gasteiger partial charge on any atom is 0.120 e. The van der Waals surface area contributed by atoms with Crippen LogP contribution < -0.4 is 5.43 Å². The van der Waals surface area contributed by atoms with E-state index in [-0.39, 0.29) is 0 Å². The summed E-state index contributed by atoms with van der Waals surface area (Å²) in [5.41, 5.74) is 10.1. The van der Waals surface area contributed by atoms with Gasteiger partial charge in [0.15, 0.2) is 0 Å². The summed E-state index contributed by atoms with van der Waals surface area (Å²) < 4.78 is 0. The van der Waals surface area contributed by atoms with E-state index in [1.165, 1.54) is 11.1 Å². The summed E-state index contributed by atoms with van der Waals surface area (Å²) >= 11 is 6.03. The van der Waals surface area contributed by atoms with E-state index in [0.717, 1.165) is 46.3 Å². The van der Waals surface area contributed by atoms with Crippen molar-refractivity contribution in [3.63, 3.8) is 0 Å². The largest absolute Gasteiger partial charge is 0.297 e. The summed E-state index contributed by atoms with van der Waals surface area (Å²) in [7, 11) is 0. The lowest BCUT2D eigenvalue weighted by Crippen LogP contribution is -2.34. The summed E-state index contributed by atoms with van der Waals surface area (Å²) in [5, 5.41) is 2.82. The lowest BCUT2D eigenvalue weighted by atomic mass is 10.0. The molecular formula is C20H22ClN3. The molecule has 0 atom stereocenters. The molecule has 0 unspecified atom stereocenters. The molecule has 2 aromatic carbocycles. The lowest BCUT2D eigenvalue weighted by Gasteiger charge is -2.24. The molecule has 2 aromatic rings. The number of nitrogens with one attached hydrogen (secondary N) is 1. The Bertz CT molecular complexity index is 824. The highest BCUT2D eigenvalue weighted by Crippen LogP contribution is 2.30. The van der Waals surface area contributed by atoms with E-state index >= 15 is 0 Å². The molecule has 1 heterocycles. The Morgan fingerprint density at radius 3 is 2.75 bits per heavy atom. The molecule has 0 radical (unpaired) electrons. The van der Waals surface area contributed by atoms with Crippen LogP contribution in [0, 0.1) is 13.8 Å². The number of nitrogens with zero attached hydrogens (tertiary/aromatic N) is 2. The molecule has 0 bridgehead atoms. The molecule has 0 fully saturated rings. The van der Waals surface area contributed by atoms with Gasteiger partial charge in [-0.25, -0.2) is 4.99 Å². The minimum absolute atomic E-state index is 0.734. The fourth-order valence-corrected chi connectivity index (χ4v) is 3.08. The van der Waals surface area contributed by atoms with Crippen LogP contribution in [0.1, 0.15) is 30.0 Å². The minimum Gasteiger partial charge on any atom is -0.297 e. The van der Waals surface area contributed by atoms with Gasteiger partial charge in [-0.3, -0.25) is 10.4 Å². The van der Waals surface area contributed by atoms with Gasteiger partial charge < -0.3 is 0 Å². The maximum absolute atomic E-state index is 6.03. The van der Waals surface area contributed by atoms with Crippen molar-refractivity contribution < 1.29 is 0 Å². The number of amidine groups is 1. The number of aryl methyl sites for hydroxylation is 2. The summed E-state index contributed by atoms with van der Waals surface area (Å²) in [5.74, 6) is 0.918. The van der Waals surface area contributed by atoms with Crippen molar-refractivity contribution >= 4 is 34.4 Å². The van der Waals surface area contributed by atoms with Gasteiger partial charge in [-0.15, -0.1) is 0 Å². The Balaban J connectivity index is 1.90. The highest BCUT2D eigenvalue weighted by Gasteiger charge is 2.17. The number of fused-ring (bicyclic) bond motifs is 1. The van der Waals surface area contributed by atoms with Crippen LogP contribution in [0.5, 0.6) is 0 Å². The van der Waals surface area contributed by atoms with Crippen molar-refractivity contribution in [1.82, 2.24) is 5.01 Å². The molecule has 0 aromatic heterocycles. The summed E-state index contributed by atoms with van der Waals surface area (Å²) in [6.45, 7) is 11.2. The number of hydrogen-bond donors (Lipinski definition) is 1. The fraction of sp³-hybridized carbons (Fsp3) is 0.250. The fourth-order valence-electron chi connectivity index (χ4n) is 2.85. The molecule has 0 aliphatic carbocycles. The third-order valence-corrected chi connectivity index (χ3v) is 4.52. The monoisotopic (exact) mass is 339 g/mol. The Morgan fingerprint density at radius 2 is 2.00 bits per heavy atom. The SMILES string of the molecule is C=C1CCN(/C(C)=N/c2ccc(Cl)cc2C)Nc2ccc(C)cc21. The van der Waals surface area contributed by atoms with Crippen LogP contribution >= 0.6 is 11.6 Å². The molecule has 1 aliphatic rings. The number of benzene rings is 2. The van der Waals surface area contributed by atoms with Gasteiger partial charge in [-0.05, 0) is 68.7 Å². The van der Waals surface area contributed by atoms with Gasteiger partial charge in [0.25, 0.3) is 0 Å². The van der Waals surface area contributed by atoms with Gasteiger partial charge in [0.2, 0.25) is 0 Å². The van der Waals surface area contributed by atoms with Crippen LogP contribution in [0.4, 0.5) is 11.4 Å². The molecule has 3 nitrogen and oxygen atoms in total. The lowest BCUT2D eigenvalue weighted by molar-refractivity contribution is 0.510. The van der Waals surface area contributed by atoms with E-state index in [1.807, 2.05) is 32.0 Å². The smallest absolute Gasteiger partial charge is 0.120 e. The molecule has 3 rings (SSSR count). The molecule has 4 heteroatoms. The van der Waals surface area contributed by atoms with E-state index in [0.29, 0.717) is 0 Å². The third-order valence-electron chi connectivity index (χ3n) is 4.28. The average Bonchev–Trinajstić information content (AvgIpc) is 2.70. The van der Waals surface area contributed by atoms with Gasteiger partial charge in [0.05, 0.1) is 11.4 Å². The first kappa shape index (κ1) is 16.6. The van der Waals surface area contributed by atoms with Crippen molar-refractivity contribution in [2.45, 2.75) is 27.2 Å². The molecular weight excluding hydrogens is 318 g/mol. The number of rotatable bonds is 1. The standard InChI is InChI=1S/C20H22ClN3/c1-13-5-7-20-18(11-13)14(2)9-10-24(23-20)16(4)22-19-8-6-17(21)12-15(19)3/h5-8,11-12,23H,2,9-10H2,1,3-4H3/b22-16+. The first-order chi connectivity index (χ1) is 11.4. The topological polar surface area (TPSA) is 27.6 Å².